The molecule has 1 aliphatic rings. The van der Waals surface area contributed by atoms with Crippen LogP contribution < -0.4 is 5.32 Å². The molecule has 0 aliphatic carbocycles. The Hall–Kier alpha value is -3.78. The van der Waals surface area contributed by atoms with Crippen molar-refractivity contribution >= 4 is 5.91 Å². The summed E-state index contributed by atoms with van der Waals surface area (Å²) < 4.78 is 20.0. The van der Waals surface area contributed by atoms with Gasteiger partial charge in [0.1, 0.15) is 11.5 Å². The minimum absolute atomic E-state index is 0.0464. The van der Waals surface area contributed by atoms with Crippen LogP contribution in [-0.2, 0) is 13.6 Å². The molecule has 2 aromatic carbocycles. The van der Waals surface area contributed by atoms with Crippen LogP contribution >= 0.6 is 0 Å². The second kappa shape index (κ2) is 11.0. The third-order valence-electron chi connectivity index (χ3n) is 7.69. The lowest BCUT2D eigenvalue weighted by Gasteiger charge is -2.41. The molecule has 0 spiro atoms. The minimum Gasteiger partial charge on any atom is -0.328 e. The van der Waals surface area contributed by atoms with Gasteiger partial charge < -0.3 is 14.8 Å². The van der Waals surface area contributed by atoms with E-state index in [4.69, 9.17) is 4.98 Å². The van der Waals surface area contributed by atoms with Gasteiger partial charge in [0.15, 0.2) is 5.69 Å². The number of carbonyl (C=O) groups excluding carboxylic acids is 1. The standard InChI is InChI=1S/C32H39FN6O/c1-23-18-26(36-37(23)5)30(40)39(22-32(33)16-17-34-21-32)28(31(2,3)4)29-35-27(25-14-10-7-11-15-25)20-38(29)19-24-12-8-6-9-13-24/h6-15,18,20,28,34H,16-17,19,21-22H2,1-5H3/t28-,32+/m0/s1. The van der Waals surface area contributed by atoms with Crippen molar-refractivity contribution in [3.05, 3.63) is 95.7 Å². The number of nitrogens with zero attached hydrogens (tertiary/aromatic N) is 5. The summed E-state index contributed by atoms with van der Waals surface area (Å²) in [6.45, 7) is 9.50. The molecule has 2 aromatic heterocycles. The number of hydrogen-bond donors (Lipinski definition) is 1. The Morgan fingerprint density at radius 1 is 1.12 bits per heavy atom. The Balaban J connectivity index is 1.66. The first kappa shape index (κ1) is 27.8. The number of nitrogens with one attached hydrogen (secondary N) is 1. The Morgan fingerprint density at radius 2 is 1.80 bits per heavy atom. The molecule has 7 nitrogen and oxygen atoms in total. The predicted molar refractivity (Wildman–Crippen MR) is 156 cm³/mol. The number of aryl methyl sites for hydroxylation is 2. The van der Waals surface area contributed by atoms with E-state index in [-0.39, 0.29) is 19.0 Å². The number of halogens is 1. The van der Waals surface area contributed by atoms with Gasteiger partial charge >= 0.3 is 0 Å². The van der Waals surface area contributed by atoms with E-state index in [1.54, 1.807) is 15.6 Å². The van der Waals surface area contributed by atoms with Crippen LogP contribution in [0.1, 0.15) is 60.8 Å². The molecule has 3 heterocycles. The maximum atomic E-state index is 16.2. The first-order valence-corrected chi connectivity index (χ1v) is 13.9. The summed E-state index contributed by atoms with van der Waals surface area (Å²) >= 11 is 0. The number of carbonyl (C=O) groups is 1. The molecule has 0 bridgehead atoms. The van der Waals surface area contributed by atoms with E-state index in [9.17, 15) is 4.79 Å². The van der Waals surface area contributed by atoms with E-state index in [1.165, 1.54) is 0 Å². The van der Waals surface area contributed by atoms with Crippen LogP contribution in [0.5, 0.6) is 0 Å². The van der Waals surface area contributed by atoms with Crippen molar-refractivity contribution in [2.45, 2.75) is 52.4 Å². The van der Waals surface area contributed by atoms with E-state index >= 15 is 4.39 Å². The van der Waals surface area contributed by atoms with E-state index in [2.05, 4.69) is 47.9 Å². The molecule has 210 valence electrons. The fraction of sp³-hybridized carbons (Fsp3) is 0.406. The van der Waals surface area contributed by atoms with Crippen LogP contribution in [0.3, 0.4) is 0 Å². The molecule has 1 saturated heterocycles. The highest BCUT2D eigenvalue weighted by Crippen LogP contribution is 2.41. The first-order valence-electron chi connectivity index (χ1n) is 13.9. The largest absolute Gasteiger partial charge is 0.328 e. The van der Waals surface area contributed by atoms with Crippen LogP contribution in [0.2, 0.25) is 0 Å². The molecule has 8 heteroatoms. The van der Waals surface area contributed by atoms with E-state index in [0.717, 1.165) is 28.3 Å². The Labute approximate surface area is 236 Å². The van der Waals surface area contributed by atoms with Crippen LogP contribution in [0.15, 0.2) is 72.9 Å². The SMILES string of the molecule is Cc1cc(C(=O)N(C[C@@]2(F)CCNC2)[C@@H](c2nc(-c3ccccc3)cn2Cc2ccccc2)C(C)(C)C)nn1C. The van der Waals surface area contributed by atoms with Crippen molar-refractivity contribution in [2.24, 2.45) is 12.5 Å². The molecule has 2 atom stereocenters. The number of hydrogen-bond acceptors (Lipinski definition) is 4. The fourth-order valence-electron chi connectivity index (χ4n) is 5.54. The molecule has 0 unspecified atom stereocenters. The topological polar surface area (TPSA) is 68.0 Å². The molecule has 1 N–H and O–H groups in total. The lowest BCUT2D eigenvalue weighted by molar-refractivity contribution is 0.0236. The summed E-state index contributed by atoms with van der Waals surface area (Å²) in [7, 11) is 1.81. The fourth-order valence-corrected chi connectivity index (χ4v) is 5.54. The highest BCUT2D eigenvalue weighted by atomic mass is 19.1. The van der Waals surface area contributed by atoms with Gasteiger partial charge in [-0.3, -0.25) is 9.48 Å². The second-order valence-electron chi connectivity index (χ2n) is 12.0. The predicted octanol–water partition coefficient (Wildman–Crippen LogP) is 5.57. The maximum absolute atomic E-state index is 16.2. The van der Waals surface area contributed by atoms with Gasteiger partial charge in [-0.25, -0.2) is 9.37 Å². The summed E-state index contributed by atoms with van der Waals surface area (Å²) in [6.07, 6.45) is 2.40. The smallest absolute Gasteiger partial charge is 0.275 e. The highest BCUT2D eigenvalue weighted by molar-refractivity contribution is 5.93. The Bertz CT molecular complexity index is 1430. The molecular weight excluding hydrogens is 503 g/mol. The van der Waals surface area contributed by atoms with Gasteiger partial charge in [0.2, 0.25) is 0 Å². The zero-order valence-corrected chi connectivity index (χ0v) is 24.1. The number of rotatable bonds is 8. The van der Waals surface area contributed by atoms with Gasteiger partial charge in [-0.2, -0.15) is 5.10 Å². The molecule has 5 rings (SSSR count). The number of alkyl halides is 1. The van der Waals surface area contributed by atoms with Gasteiger partial charge in [-0.1, -0.05) is 81.4 Å². The van der Waals surface area contributed by atoms with Crippen LogP contribution in [0.25, 0.3) is 11.3 Å². The lowest BCUT2D eigenvalue weighted by atomic mass is 9.83. The van der Waals surface area contributed by atoms with Crippen molar-refractivity contribution in [3.8, 4) is 11.3 Å². The quantitative estimate of drug-likeness (QED) is 0.316. The van der Waals surface area contributed by atoms with E-state index in [1.807, 2.05) is 68.7 Å². The Kier molecular flexibility index (Phi) is 7.64. The summed E-state index contributed by atoms with van der Waals surface area (Å²) in [6, 6.07) is 21.5. The third kappa shape index (κ3) is 5.87. The lowest BCUT2D eigenvalue weighted by Crippen LogP contribution is -2.50. The van der Waals surface area contributed by atoms with E-state index < -0.39 is 17.1 Å². The molecule has 1 amide bonds. The van der Waals surface area contributed by atoms with Crippen LogP contribution in [-0.4, -0.2) is 55.4 Å². The number of amides is 1. The van der Waals surface area contributed by atoms with Crippen molar-refractivity contribution in [2.75, 3.05) is 19.6 Å². The zero-order valence-electron chi connectivity index (χ0n) is 24.1. The van der Waals surface area contributed by atoms with Crippen molar-refractivity contribution < 1.29 is 9.18 Å². The van der Waals surface area contributed by atoms with Crippen LogP contribution in [0.4, 0.5) is 4.39 Å². The summed E-state index contributed by atoms with van der Waals surface area (Å²) in [5, 5.41) is 7.63. The molecule has 0 saturated carbocycles. The van der Waals surface area contributed by atoms with E-state index in [0.29, 0.717) is 25.2 Å². The highest BCUT2D eigenvalue weighted by Gasteiger charge is 2.45. The van der Waals surface area contributed by atoms with Crippen molar-refractivity contribution in [3.63, 3.8) is 0 Å². The van der Waals surface area contributed by atoms with Gasteiger partial charge in [0.05, 0.1) is 18.3 Å². The molecular formula is C32H39FN6O. The molecule has 0 radical (unpaired) electrons. The monoisotopic (exact) mass is 542 g/mol. The van der Waals surface area contributed by atoms with Crippen LogP contribution in [0, 0.1) is 12.3 Å². The van der Waals surface area contributed by atoms with Crippen molar-refractivity contribution in [1.29, 1.82) is 0 Å². The maximum Gasteiger partial charge on any atom is 0.275 e. The summed E-state index contributed by atoms with van der Waals surface area (Å²) in [5.74, 6) is 0.439. The molecule has 1 aliphatic heterocycles. The summed E-state index contributed by atoms with van der Waals surface area (Å²) in [5.41, 5.74) is 2.10. The zero-order chi connectivity index (χ0) is 28.5. The van der Waals surface area contributed by atoms with Crippen molar-refractivity contribution in [1.82, 2.24) is 29.5 Å². The van der Waals surface area contributed by atoms with Gasteiger partial charge in [-0.05, 0) is 36.9 Å². The Morgan fingerprint density at radius 3 is 2.38 bits per heavy atom. The number of aromatic nitrogens is 4. The number of benzene rings is 2. The first-order chi connectivity index (χ1) is 19.0. The van der Waals surface area contributed by atoms with Gasteiger partial charge in [0, 0.05) is 37.6 Å². The van der Waals surface area contributed by atoms with Gasteiger partial charge in [0.25, 0.3) is 5.91 Å². The molecule has 4 aromatic rings. The average molecular weight is 543 g/mol. The number of imidazole rings is 1. The normalized spacial score (nSPS) is 18.1. The van der Waals surface area contributed by atoms with Gasteiger partial charge in [-0.15, -0.1) is 0 Å². The molecule has 1 fully saturated rings. The summed E-state index contributed by atoms with van der Waals surface area (Å²) in [4.78, 5) is 21.1. The minimum atomic E-state index is -1.54. The third-order valence-corrected chi connectivity index (χ3v) is 7.69. The second-order valence-corrected chi connectivity index (χ2v) is 12.0. The average Bonchev–Trinajstić information content (AvgIpc) is 3.63. The molecule has 40 heavy (non-hydrogen) atoms.